The molecule has 1 aliphatic rings. The van der Waals surface area contributed by atoms with Crippen molar-refractivity contribution >= 4 is 22.6 Å². The third kappa shape index (κ3) is 11.2. The summed E-state index contributed by atoms with van der Waals surface area (Å²) in [5, 5.41) is 20.4. The zero-order valence-electron chi connectivity index (χ0n) is 28.2. The molecule has 1 aromatic carbocycles. The van der Waals surface area contributed by atoms with Crippen molar-refractivity contribution < 1.29 is 23.9 Å². The van der Waals surface area contributed by atoms with Gasteiger partial charge in [-0.2, -0.15) is 0 Å². The third-order valence-electron chi connectivity index (χ3n) is 9.84. The van der Waals surface area contributed by atoms with E-state index >= 15 is 0 Å². The Morgan fingerprint density at radius 2 is 1.62 bits per heavy atom. The van der Waals surface area contributed by atoms with Gasteiger partial charge in [0.05, 0.1) is 18.3 Å². The molecule has 1 fully saturated rings. The van der Waals surface area contributed by atoms with Crippen molar-refractivity contribution in [2.45, 2.75) is 141 Å². The van der Waals surface area contributed by atoms with Gasteiger partial charge in [0.15, 0.2) is 16.6 Å². The largest absolute Gasteiger partial charge is 0.481 e. The molecule has 238 valence electrons. The van der Waals surface area contributed by atoms with Crippen molar-refractivity contribution in [2.24, 2.45) is 11.8 Å². The second-order valence-electron chi connectivity index (χ2n) is 15.3. The fourth-order valence-electron chi connectivity index (χ4n) is 5.06. The van der Waals surface area contributed by atoms with Crippen molar-refractivity contribution in [2.75, 3.05) is 0 Å². The van der Waals surface area contributed by atoms with Gasteiger partial charge in [0, 0.05) is 12.3 Å². The summed E-state index contributed by atoms with van der Waals surface area (Å²) in [6.45, 7) is 22.9. The molecule has 5 nitrogen and oxygen atoms in total. The number of benzene rings is 1. The molecule has 1 aromatic rings. The van der Waals surface area contributed by atoms with Crippen molar-refractivity contribution in [3.8, 4) is 0 Å². The predicted octanol–water partition coefficient (Wildman–Crippen LogP) is 9.15. The molecule has 0 heterocycles. The fraction of sp³-hybridized carbons (Fsp3) is 0.686. The van der Waals surface area contributed by atoms with Gasteiger partial charge in [0.2, 0.25) is 0 Å². The number of unbranched alkanes of at least 4 members (excludes halogenated alkanes) is 1. The number of aryl methyl sites for hydroxylation is 1. The lowest BCUT2D eigenvalue weighted by Crippen LogP contribution is -2.45. The van der Waals surface area contributed by atoms with Crippen LogP contribution in [-0.4, -0.2) is 51.1 Å². The summed E-state index contributed by atoms with van der Waals surface area (Å²) >= 11 is 0. The zero-order valence-corrected chi connectivity index (χ0v) is 30.2. The normalized spacial score (nSPS) is 23.2. The van der Waals surface area contributed by atoms with Gasteiger partial charge in [-0.05, 0) is 86.3 Å². The van der Waals surface area contributed by atoms with E-state index in [0.717, 1.165) is 25.7 Å². The lowest BCUT2D eigenvalue weighted by Gasteiger charge is -2.40. The summed E-state index contributed by atoms with van der Waals surface area (Å²) in [5.74, 6) is -0.624. The Balaban J connectivity index is 2.34. The minimum absolute atomic E-state index is 0.00965. The van der Waals surface area contributed by atoms with E-state index in [-0.39, 0.29) is 40.5 Å². The van der Waals surface area contributed by atoms with Crippen LogP contribution in [0.3, 0.4) is 0 Å². The maximum Gasteiger partial charge on any atom is 0.303 e. The number of hydrogen-bond donors (Lipinski definition) is 2. The average Bonchev–Trinajstić information content (AvgIpc) is 3.14. The molecule has 0 bridgehead atoms. The maximum absolute atomic E-state index is 11.3. The molecule has 5 atom stereocenters. The second kappa shape index (κ2) is 15.5. The van der Waals surface area contributed by atoms with Crippen molar-refractivity contribution in [3.63, 3.8) is 0 Å². The highest BCUT2D eigenvalue weighted by Crippen LogP contribution is 2.44. The van der Waals surface area contributed by atoms with E-state index < -0.39 is 28.7 Å². The first-order valence-electron chi connectivity index (χ1n) is 16.0. The van der Waals surface area contributed by atoms with Gasteiger partial charge < -0.3 is 19.1 Å². The third-order valence-corrected chi connectivity index (χ3v) is 18.8. The predicted molar refractivity (Wildman–Crippen MR) is 181 cm³/mol. The van der Waals surface area contributed by atoms with Crippen LogP contribution in [0.2, 0.25) is 36.3 Å². The molecule has 0 saturated heterocycles. The summed E-state index contributed by atoms with van der Waals surface area (Å²) in [6.07, 6.45) is 13.1. The highest BCUT2D eigenvalue weighted by Gasteiger charge is 2.47. The molecule has 7 heteroatoms. The number of carboxylic acid groups (broad SMARTS) is 1. The summed E-state index contributed by atoms with van der Waals surface area (Å²) in [6, 6.07) is 10.6. The van der Waals surface area contributed by atoms with E-state index in [1.807, 2.05) is 0 Å². The van der Waals surface area contributed by atoms with Gasteiger partial charge in [-0.15, -0.1) is 0 Å². The average molecular weight is 617 g/mol. The minimum Gasteiger partial charge on any atom is -0.481 e. The lowest BCUT2D eigenvalue weighted by molar-refractivity contribution is -0.137. The van der Waals surface area contributed by atoms with Crippen LogP contribution in [0.25, 0.3) is 0 Å². The van der Waals surface area contributed by atoms with Crippen molar-refractivity contribution in [1.29, 1.82) is 0 Å². The number of carbonyl (C=O) groups is 1. The topological polar surface area (TPSA) is 76.0 Å². The molecule has 0 aromatic heterocycles. The van der Waals surface area contributed by atoms with Gasteiger partial charge in [-0.1, -0.05) is 96.2 Å². The van der Waals surface area contributed by atoms with Gasteiger partial charge in [-0.25, -0.2) is 0 Å². The first-order valence-corrected chi connectivity index (χ1v) is 21.8. The molecule has 1 aliphatic carbocycles. The van der Waals surface area contributed by atoms with Gasteiger partial charge in [0.25, 0.3) is 0 Å². The monoisotopic (exact) mass is 616 g/mol. The molecule has 0 aliphatic heterocycles. The van der Waals surface area contributed by atoms with Gasteiger partial charge in [-0.3, -0.25) is 4.79 Å². The van der Waals surface area contributed by atoms with E-state index in [4.69, 9.17) is 14.0 Å². The molecule has 0 radical (unpaired) electrons. The van der Waals surface area contributed by atoms with Crippen LogP contribution in [0.5, 0.6) is 0 Å². The highest BCUT2D eigenvalue weighted by molar-refractivity contribution is 6.74. The summed E-state index contributed by atoms with van der Waals surface area (Å²) < 4.78 is 13.9. The van der Waals surface area contributed by atoms with Gasteiger partial charge in [0.1, 0.15) is 0 Å². The van der Waals surface area contributed by atoms with E-state index in [0.29, 0.717) is 12.8 Å². The molecular weight excluding hydrogens is 557 g/mol. The maximum atomic E-state index is 11.3. The lowest BCUT2D eigenvalue weighted by atomic mass is 9.89. The molecule has 2 rings (SSSR count). The molecule has 2 N–H and O–H groups in total. The molecule has 0 amide bonds. The second-order valence-corrected chi connectivity index (χ2v) is 24.8. The van der Waals surface area contributed by atoms with Crippen molar-refractivity contribution in [3.05, 3.63) is 60.2 Å². The number of carboxylic acids is 1. The Labute approximate surface area is 259 Å². The van der Waals surface area contributed by atoms with Crippen molar-refractivity contribution in [1.82, 2.24) is 0 Å². The zero-order chi connectivity index (χ0) is 31.8. The number of aliphatic hydroxyl groups excluding tert-OH is 1. The van der Waals surface area contributed by atoms with Crippen LogP contribution < -0.4 is 0 Å². The number of allylic oxidation sites excluding steroid dienone is 2. The van der Waals surface area contributed by atoms with Crippen LogP contribution in [0.15, 0.2) is 54.6 Å². The van der Waals surface area contributed by atoms with Crippen LogP contribution in [0.1, 0.15) is 85.6 Å². The van der Waals surface area contributed by atoms with Crippen LogP contribution in [0.4, 0.5) is 0 Å². The molecular formula is C35H60O5Si2. The van der Waals surface area contributed by atoms with Crippen LogP contribution in [0, 0.1) is 11.8 Å². The van der Waals surface area contributed by atoms with E-state index in [1.165, 1.54) is 5.56 Å². The first kappa shape index (κ1) is 36.7. The van der Waals surface area contributed by atoms with Crippen LogP contribution in [-0.2, 0) is 20.1 Å². The highest BCUT2D eigenvalue weighted by atomic mass is 28.4. The van der Waals surface area contributed by atoms with E-state index in [1.54, 1.807) is 0 Å². The number of aliphatic carboxylic acids is 1. The van der Waals surface area contributed by atoms with Crippen LogP contribution >= 0.6 is 0 Å². The first-order chi connectivity index (χ1) is 19.3. The number of rotatable bonds is 15. The van der Waals surface area contributed by atoms with E-state index in [2.05, 4.69) is 122 Å². The number of aliphatic hydroxyl groups is 1. The Kier molecular flexibility index (Phi) is 13.5. The van der Waals surface area contributed by atoms with Gasteiger partial charge >= 0.3 is 5.97 Å². The minimum atomic E-state index is -2.05. The Morgan fingerprint density at radius 1 is 1.00 bits per heavy atom. The summed E-state index contributed by atoms with van der Waals surface area (Å²) in [5.41, 5.74) is 1.32. The smallest absolute Gasteiger partial charge is 0.303 e. The molecule has 42 heavy (non-hydrogen) atoms. The van der Waals surface area contributed by atoms with E-state index in [9.17, 15) is 9.90 Å². The molecule has 1 saturated carbocycles. The summed E-state index contributed by atoms with van der Waals surface area (Å²) in [7, 11) is -4.07. The Morgan fingerprint density at radius 3 is 2.19 bits per heavy atom. The molecule has 0 spiro atoms. The number of hydrogen-bond acceptors (Lipinski definition) is 4. The Bertz CT molecular complexity index is 1020. The molecule has 0 unspecified atom stereocenters. The SMILES string of the molecule is CC(C)(C)[Si](C)(C)O[C@H](/C=C/[C@@H]1[C@@H](C/C=C\CCCC(=O)O)[C@@H](O)C[C@H]1O[Si](C)(C)C(C)(C)C)CCc1ccccc1. The fourth-order valence-corrected chi connectivity index (χ4v) is 7.73. The summed E-state index contributed by atoms with van der Waals surface area (Å²) in [4.78, 5) is 10.9. The Hall–Kier alpha value is -1.52. The quantitative estimate of drug-likeness (QED) is 0.117. The standard InChI is InChI=1S/C35H60O5Si2/c1-34(2,3)41(7,8)39-28(23-22-27-18-14-13-15-19-27)24-25-30-29(20-16-11-12-17-21-33(37)38)31(36)26-32(30)40-42(9,10)35(4,5)6/h11,13-16,18-19,24-25,28-32,36H,12,17,20-23,26H2,1-10H3,(H,37,38)/b16-11-,25-24+/t28-,29+,30+,31-,32+/m0/s1.